The van der Waals surface area contributed by atoms with Crippen LogP contribution in [0.2, 0.25) is 0 Å². The van der Waals surface area contributed by atoms with Gasteiger partial charge in [-0.2, -0.15) is 0 Å². The molecule has 190 valence electrons. The minimum Gasteiger partial charge on any atom is -0.497 e. The topological polar surface area (TPSA) is 85.7 Å². The molecule has 3 aromatic carbocycles. The van der Waals surface area contributed by atoms with Crippen LogP contribution in [0.1, 0.15) is 35.7 Å². The zero-order chi connectivity index (χ0) is 25.9. The molecule has 0 bridgehead atoms. The monoisotopic (exact) mass is 498 g/mol. The standard InChI is InChI=1S/C29H30N4O4/c1-19(2)20-7-10-22(11-8-20)30-27(34)21-9-12-25-26(17-21)31-29(32-13-15-37-16-14-32)33(28(25)35)23-5-4-6-24(18-23)36-3/h4-12,17-19H,13-16H2,1-3H3,(H,30,34). The van der Waals surface area contributed by atoms with Gasteiger partial charge in [-0.05, 0) is 53.9 Å². The first-order chi connectivity index (χ1) is 17.9. The lowest BCUT2D eigenvalue weighted by molar-refractivity contribution is 0.102. The van der Waals surface area contributed by atoms with Crippen molar-refractivity contribution in [2.75, 3.05) is 43.6 Å². The summed E-state index contributed by atoms with van der Waals surface area (Å²) in [6.07, 6.45) is 0. The van der Waals surface area contributed by atoms with E-state index < -0.39 is 0 Å². The summed E-state index contributed by atoms with van der Waals surface area (Å²) in [5.41, 5.74) is 3.26. The number of carbonyl (C=O) groups is 1. The molecule has 0 spiro atoms. The third-order valence-corrected chi connectivity index (χ3v) is 6.55. The van der Waals surface area contributed by atoms with Gasteiger partial charge in [-0.1, -0.05) is 32.0 Å². The van der Waals surface area contributed by atoms with Crippen LogP contribution >= 0.6 is 0 Å². The maximum absolute atomic E-state index is 13.8. The number of fused-ring (bicyclic) bond motifs is 1. The Hall–Kier alpha value is -4.17. The number of nitrogens with one attached hydrogen (secondary N) is 1. The molecule has 2 heterocycles. The Labute approximate surface area is 215 Å². The summed E-state index contributed by atoms with van der Waals surface area (Å²) < 4.78 is 12.5. The molecule has 0 atom stereocenters. The molecule has 5 rings (SSSR count). The van der Waals surface area contributed by atoms with E-state index in [1.54, 1.807) is 29.9 Å². The van der Waals surface area contributed by atoms with Crippen LogP contribution in [0.3, 0.4) is 0 Å². The molecular weight excluding hydrogens is 468 g/mol. The number of morpholine rings is 1. The van der Waals surface area contributed by atoms with Crippen molar-refractivity contribution in [3.63, 3.8) is 0 Å². The van der Waals surface area contributed by atoms with Crippen LogP contribution in [-0.2, 0) is 4.74 Å². The Morgan fingerprint density at radius 1 is 1.03 bits per heavy atom. The summed E-state index contributed by atoms with van der Waals surface area (Å²) in [4.78, 5) is 33.7. The van der Waals surface area contributed by atoms with Crippen LogP contribution in [0.5, 0.6) is 5.75 Å². The largest absolute Gasteiger partial charge is 0.497 e. The van der Waals surface area contributed by atoms with Crippen molar-refractivity contribution in [3.8, 4) is 11.4 Å². The van der Waals surface area contributed by atoms with Gasteiger partial charge in [0.25, 0.3) is 11.5 Å². The predicted octanol–water partition coefficient (Wildman–Crippen LogP) is 4.61. The Morgan fingerprint density at radius 3 is 2.49 bits per heavy atom. The molecule has 0 radical (unpaired) electrons. The van der Waals surface area contributed by atoms with E-state index in [0.717, 1.165) is 0 Å². The van der Waals surface area contributed by atoms with Crippen molar-refractivity contribution in [2.24, 2.45) is 0 Å². The zero-order valence-corrected chi connectivity index (χ0v) is 21.2. The number of methoxy groups -OCH3 is 1. The summed E-state index contributed by atoms with van der Waals surface area (Å²) >= 11 is 0. The quantitative estimate of drug-likeness (QED) is 0.418. The third-order valence-electron chi connectivity index (χ3n) is 6.55. The molecule has 37 heavy (non-hydrogen) atoms. The number of carbonyl (C=O) groups excluding carboxylic acids is 1. The van der Waals surface area contributed by atoms with Crippen LogP contribution in [0.15, 0.2) is 71.5 Å². The van der Waals surface area contributed by atoms with Crippen LogP contribution in [-0.4, -0.2) is 48.9 Å². The summed E-state index contributed by atoms with van der Waals surface area (Å²) in [5, 5.41) is 3.37. The smallest absolute Gasteiger partial charge is 0.267 e. The van der Waals surface area contributed by atoms with Crippen LogP contribution in [0, 0.1) is 0 Å². The number of aromatic nitrogens is 2. The highest BCUT2D eigenvalue weighted by molar-refractivity contribution is 6.06. The summed E-state index contributed by atoms with van der Waals surface area (Å²) in [5.74, 6) is 1.31. The van der Waals surface area contributed by atoms with E-state index in [4.69, 9.17) is 14.5 Å². The Balaban J connectivity index is 1.56. The minimum absolute atomic E-state index is 0.212. The van der Waals surface area contributed by atoms with Crippen LogP contribution in [0.25, 0.3) is 16.6 Å². The van der Waals surface area contributed by atoms with Crippen molar-refractivity contribution in [2.45, 2.75) is 19.8 Å². The number of hydrogen-bond acceptors (Lipinski definition) is 6. The molecule has 4 aromatic rings. The molecule has 8 heteroatoms. The molecule has 0 unspecified atom stereocenters. The molecule has 0 aliphatic carbocycles. The number of amides is 1. The van der Waals surface area contributed by atoms with Gasteiger partial charge in [-0.3, -0.25) is 9.59 Å². The number of anilines is 2. The van der Waals surface area contributed by atoms with Gasteiger partial charge in [0.2, 0.25) is 5.95 Å². The molecule has 1 N–H and O–H groups in total. The van der Waals surface area contributed by atoms with Gasteiger partial charge in [0.05, 0.1) is 36.9 Å². The lowest BCUT2D eigenvalue weighted by atomic mass is 10.0. The van der Waals surface area contributed by atoms with Crippen molar-refractivity contribution in [1.82, 2.24) is 9.55 Å². The van der Waals surface area contributed by atoms with Gasteiger partial charge in [0.15, 0.2) is 0 Å². The van der Waals surface area contributed by atoms with Crippen molar-refractivity contribution >= 4 is 28.4 Å². The maximum atomic E-state index is 13.8. The number of nitrogens with zero attached hydrogens (tertiary/aromatic N) is 3. The van der Waals surface area contributed by atoms with Crippen molar-refractivity contribution < 1.29 is 14.3 Å². The van der Waals surface area contributed by atoms with Gasteiger partial charge in [0, 0.05) is 30.4 Å². The average Bonchev–Trinajstić information content (AvgIpc) is 2.93. The second-order valence-corrected chi connectivity index (χ2v) is 9.32. The van der Waals surface area contributed by atoms with Gasteiger partial charge >= 0.3 is 0 Å². The highest BCUT2D eigenvalue weighted by Crippen LogP contribution is 2.24. The van der Waals surface area contributed by atoms with Gasteiger partial charge in [-0.15, -0.1) is 0 Å². The van der Waals surface area contributed by atoms with Gasteiger partial charge in [-0.25, -0.2) is 9.55 Å². The molecular formula is C29H30N4O4. The SMILES string of the molecule is COc1cccc(-n2c(N3CCOCC3)nc3cc(C(=O)Nc4ccc(C(C)C)cc4)ccc3c2=O)c1. The van der Waals surface area contributed by atoms with Gasteiger partial charge in [0.1, 0.15) is 5.75 Å². The lowest BCUT2D eigenvalue weighted by Gasteiger charge is -2.30. The Kier molecular flexibility index (Phi) is 6.92. The van der Waals surface area contributed by atoms with E-state index in [-0.39, 0.29) is 11.5 Å². The fourth-order valence-corrected chi connectivity index (χ4v) is 4.43. The summed E-state index contributed by atoms with van der Waals surface area (Å²) in [6.45, 7) is 6.56. The molecule has 1 fully saturated rings. The van der Waals surface area contributed by atoms with E-state index >= 15 is 0 Å². The first kappa shape index (κ1) is 24.5. The highest BCUT2D eigenvalue weighted by Gasteiger charge is 2.21. The third kappa shape index (κ3) is 5.06. The first-order valence-corrected chi connectivity index (χ1v) is 12.4. The van der Waals surface area contributed by atoms with E-state index in [0.29, 0.717) is 71.8 Å². The molecule has 8 nitrogen and oxygen atoms in total. The number of hydrogen-bond donors (Lipinski definition) is 1. The normalized spacial score (nSPS) is 13.7. The van der Waals surface area contributed by atoms with Crippen molar-refractivity contribution in [1.29, 1.82) is 0 Å². The second kappa shape index (κ2) is 10.4. The highest BCUT2D eigenvalue weighted by atomic mass is 16.5. The summed E-state index contributed by atoms with van der Waals surface area (Å²) in [7, 11) is 1.59. The molecule has 0 saturated carbocycles. The van der Waals surface area contributed by atoms with Gasteiger partial charge < -0.3 is 19.7 Å². The van der Waals surface area contributed by atoms with E-state index in [2.05, 4.69) is 19.2 Å². The lowest BCUT2D eigenvalue weighted by Crippen LogP contribution is -2.40. The Bertz CT molecular complexity index is 1490. The number of rotatable bonds is 6. The molecule has 1 aliphatic heterocycles. The van der Waals surface area contributed by atoms with E-state index in [1.807, 2.05) is 53.4 Å². The second-order valence-electron chi connectivity index (χ2n) is 9.32. The number of ether oxygens (including phenoxy) is 2. The summed E-state index contributed by atoms with van der Waals surface area (Å²) in [6, 6.07) is 20.2. The van der Waals surface area contributed by atoms with E-state index in [1.165, 1.54) is 5.56 Å². The zero-order valence-electron chi connectivity index (χ0n) is 21.2. The van der Waals surface area contributed by atoms with Crippen LogP contribution in [0.4, 0.5) is 11.6 Å². The Morgan fingerprint density at radius 2 is 1.78 bits per heavy atom. The van der Waals surface area contributed by atoms with Crippen molar-refractivity contribution in [3.05, 3.63) is 88.2 Å². The first-order valence-electron chi connectivity index (χ1n) is 12.4. The van der Waals surface area contributed by atoms with E-state index in [9.17, 15) is 9.59 Å². The fourth-order valence-electron chi connectivity index (χ4n) is 4.43. The predicted molar refractivity (Wildman–Crippen MR) is 145 cm³/mol. The average molecular weight is 499 g/mol. The van der Waals surface area contributed by atoms with Crippen LogP contribution < -0.4 is 20.5 Å². The molecule has 1 aromatic heterocycles. The minimum atomic E-state index is -0.258. The fraction of sp³-hybridized carbons (Fsp3) is 0.276. The number of benzene rings is 3. The molecule has 1 saturated heterocycles. The molecule has 1 amide bonds. The molecule has 1 aliphatic rings. The maximum Gasteiger partial charge on any atom is 0.267 e.